The summed E-state index contributed by atoms with van der Waals surface area (Å²) in [5, 5.41) is 0. The van der Waals surface area contributed by atoms with Crippen molar-refractivity contribution in [3.63, 3.8) is 0 Å². The Bertz CT molecular complexity index is 430. The van der Waals surface area contributed by atoms with E-state index in [0.717, 1.165) is 35.0 Å². The molecule has 1 aromatic rings. The average Bonchev–Trinajstić information content (AvgIpc) is 2.29. The highest BCUT2D eigenvalue weighted by Crippen LogP contribution is 2.22. The lowest BCUT2D eigenvalue weighted by Gasteiger charge is -2.33. The number of carbonyl (C=O) groups excluding carboxylic acids is 1. The minimum absolute atomic E-state index is 0.183. The molecule has 0 aliphatic carbocycles. The molecule has 92 valence electrons. The van der Waals surface area contributed by atoms with E-state index in [0.29, 0.717) is 6.04 Å². The fourth-order valence-corrected chi connectivity index (χ4v) is 2.90. The first-order valence-corrected chi connectivity index (χ1v) is 6.96. The summed E-state index contributed by atoms with van der Waals surface area (Å²) < 4.78 is 1.03. The summed E-state index contributed by atoms with van der Waals surface area (Å²) in [4.78, 5) is 14.5. The van der Waals surface area contributed by atoms with Crippen molar-refractivity contribution in [2.75, 3.05) is 6.54 Å². The Balaban J connectivity index is 2.24. The number of halogens is 1. The number of piperidine rings is 1. The van der Waals surface area contributed by atoms with Crippen molar-refractivity contribution >= 4 is 21.8 Å². The molecule has 1 aromatic carbocycles. The number of rotatable bonds is 1. The topological polar surface area (TPSA) is 20.3 Å². The molecule has 1 amide bonds. The van der Waals surface area contributed by atoms with Crippen LogP contribution in [0.15, 0.2) is 22.7 Å². The zero-order valence-electron chi connectivity index (χ0n) is 10.4. The van der Waals surface area contributed by atoms with Crippen LogP contribution in [0.5, 0.6) is 0 Å². The van der Waals surface area contributed by atoms with Gasteiger partial charge in [-0.05, 0) is 56.9 Å². The Kier molecular flexibility index (Phi) is 3.87. The number of amides is 1. The molecule has 0 spiro atoms. The number of nitrogens with zero attached hydrogens (tertiary/aromatic N) is 1. The summed E-state index contributed by atoms with van der Waals surface area (Å²) in [6.07, 6.45) is 3.50. The largest absolute Gasteiger partial charge is 0.336 e. The third-order valence-electron chi connectivity index (χ3n) is 3.48. The van der Waals surface area contributed by atoms with E-state index in [1.807, 2.05) is 30.0 Å². The molecule has 1 heterocycles. The number of hydrogen-bond donors (Lipinski definition) is 0. The molecule has 2 nitrogen and oxygen atoms in total. The normalized spacial score (nSPS) is 20.4. The van der Waals surface area contributed by atoms with Gasteiger partial charge in [-0.25, -0.2) is 0 Å². The van der Waals surface area contributed by atoms with Crippen LogP contribution >= 0.6 is 15.9 Å². The molecule has 0 saturated carbocycles. The minimum atomic E-state index is 0.183. The van der Waals surface area contributed by atoms with Crippen molar-refractivity contribution < 1.29 is 4.79 Å². The predicted octanol–water partition coefficient (Wildman–Crippen LogP) is 3.77. The summed E-state index contributed by atoms with van der Waals surface area (Å²) in [5.74, 6) is 0.183. The fraction of sp³-hybridized carbons (Fsp3) is 0.500. The molecule has 1 aliphatic heterocycles. The first-order chi connectivity index (χ1) is 8.09. The van der Waals surface area contributed by atoms with E-state index in [1.165, 1.54) is 6.42 Å². The van der Waals surface area contributed by atoms with E-state index in [1.54, 1.807) is 0 Å². The van der Waals surface area contributed by atoms with Crippen LogP contribution in [-0.4, -0.2) is 23.4 Å². The van der Waals surface area contributed by atoms with Gasteiger partial charge in [0.25, 0.3) is 5.91 Å². The number of carbonyl (C=O) groups is 1. The van der Waals surface area contributed by atoms with Crippen molar-refractivity contribution in [2.24, 2.45) is 0 Å². The SMILES string of the molecule is Cc1cc(Br)ccc1C(=O)N1CCCCC1C. The summed E-state index contributed by atoms with van der Waals surface area (Å²) >= 11 is 3.43. The van der Waals surface area contributed by atoms with Crippen LogP contribution in [0.3, 0.4) is 0 Å². The molecule has 0 N–H and O–H groups in total. The van der Waals surface area contributed by atoms with Crippen LogP contribution in [0.25, 0.3) is 0 Å². The molecule has 1 fully saturated rings. The predicted molar refractivity (Wildman–Crippen MR) is 73.2 cm³/mol. The van der Waals surface area contributed by atoms with Gasteiger partial charge in [0.1, 0.15) is 0 Å². The van der Waals surface area contributed by atoms with Gasteiger partial charge in [0.2, 0.25) is 0 Å². The molecule has 3 heteroatoms. The molecule has 0 radical (unpaired) electrons. The van der Waals surface area contributed by atoms with Gasteiger partial charge in [0, 0.05) is 22.6 Å². The molecule has 1 atom stereocenters. The zero-order chi connectivity index (χ0) is 12.4. The first-order valence-electron chi connectivity index (χ1n) is 6.16. The fourth-order valence-electron chi connectivity index (χ4n) is 2.42. The Morgan fingerprint density at radius 1 is 1.41 bits per heavy atom. The lowest BCUT2D eigenvalue weighted by Crippen LogP contribution is -2.42. The molecule has 1 aliphatic rings. The molecule has 0 aromatic heterocycles. The van der Waals surface area contributed by atoms with E-state index in [4.69, 9.17) is 0 Å². The smallest absolute Gasteiger partial charge is 0.254 e. The van der Waals surface area contributed by atoms with Crippen molar-refractivity contribution in [1.82, 2.24) is 4.90 Å². The summed E-state index contributed by atoms with van der Waals surface area (Å²) in [7, 11) is 0. The molecule has 0 bridgehead atoms. The molecule has 2 rings (SSSR count). The monoisotopic (exact) mass is 295 g/mol. The number of likely N-dealkylation sites (tertiary alicyclic amines) is 1. The minimum Gasteiger partial charge on any atom is -0.336 e. The molecular formula is C14H18BrNO. The third-order valence-corrected chi connectivity index (χ3v) is 3.98. The summed E-state index contributed by atoms with van der Waals surface area (Å²) in [6.45, 7) is 5.04. The Morgan fingerprint density at radius 2 is 2.18 bits per heavy atom. The van der Waals surface area contributed by atoms with Gasteiger partial charge in [-0.3, -0.25) is 4.79 Å². The molecule has 1 unspecified atom stereocenters. The second-order valence-corrected chi connectivity index (χ2v) is 5.72. The van der Waals surface area contributed by atoms with Crippen molar-refractivity contribution in [1.29, 1.82) is 0 Å². The van der Waals surface area contributed by atoms with Crippen molar-refractivity contribution in [3.05, 3.63) is 33.8 Å². The highest BCUT2D eigenvalue weighted by Gasteiger charge is 2.24. The Morgan fingerprint density at radius 3 is 2.82 bits per heavy atom. The van der Waals surface area contributed by atoms with E-state index in [2.05, 4.69) is 22.9 Å². The summed E-state index contributed by atoms with van der Waals surface area (Å²) in [5.41, 5.74) is 1.88. The average molecular weight is 296 g/mol. The van der Waals surface area contributed by atoms with Gasteiger partial charge in [-0.15, -0.1) is 0 Å². The number of benzene rings is 1. The molecule has 1 saturated heterocycles. The highest BCUT2D eigenvalue weighted by atomic mass is 79.9. The van der Waals surface area contributed by atoms with Crippen LogP contribution in [0, 0.1) is 6.92 Å². The maximum Gasteiger partial charge on any atom is 0.254 e. The van der Waals surface area contributed by atoms with Crippen LogP contribution < -0.4 is 0 Å². The molecule has 17 heavy (non-hydrogen) atoms. The van der Waals surface area contributed by atoms with Gasteiger partial charge in [-0.1, -0.05) is 15.9 Å². The number of hydrogen-bond acceptors (Lipinski definition) is 1. The Labute approximate surface area is 111 Å². The standard InChI is InChI=1S/C14H18BrNO/c1-10-9-12(15)6-7-13(10)14(17)16-8-4-3-5-11(16)2/h6-7,9,11H,3-5,8H2,1-2H3. The summed E-state index contributed by atoms with van der Waals surface area (Å²) in [6, 6.07) is 6.24. The first kappa shape index (κ1) is 12.6. The van der Waals surface area contributed by atoms with Gasteiger partial charge in [0.05, 0.1) is 0 Å². The second-order valence-electron chi connectivity index (χ2n) is 4.80. The lowest BCUT2D eigenvalue weighted by atomic mass is 10.0. The van der Waals surface area contributed by atoms with Gasteiger partial charge < -0.3 is 4.90 Å². The van der Waals surface area contributed by atoms with Gasteiger partial charge >= 0.3 is 0 Å². The number of aryl methyl sites for hydroxylation is 1. The molecular weight excluding hydrogens is 278 g/mol. The highest BCUT2D eigenvalue weighted by molar-refractivity contribution is 9.10. The third kappa shape index (κ3) is 2.71. The van der Waals surface area contributed by atoms with Crippen molar-refractivity contribution in [2.45, 2.75) is 39.2 Å². The van der Waals surface area contributed by atoms with Gasteiger partial charge in [0.15, 0.2) is 0 Å². The van der Waals surface area contributed by atoms with Crippen LogP contribution in [-0.2, 0) is 0 Å². The van der Waals surface area contributed by atoms with Gasteiger partial charge in [-0.2, -0.15) is 0 Å². The zero-order valence-corrected chi connectivity index (χ0v) is 12.0. The maximum absolute atomic E-state index is 12.5. The van der Waals surface area contributed by atoms with E-state index in [9.17, 15) is 4.79 Å². The van der Waals surface area contributed by atoms with Crippen LogP contribution in [0.2, 0.25) is 0 Å². The van der Waals surface area contributed by atoms with Crippen LogP contribution in [0.1, 0.15) is 42.1 Å². The lowest BCUT2D eigenvalue weighted by molar-refractivity contribution is 0.0635. The van der Waals surface area contributed by atoms with E-state index < -0.39 is 0 Å². The quantitative estimate of drug-likeness (QED) is 0.772. The van der Waals surface area contributed by atoms with E-state index >= 15 is 0 Å². The van der Waals surface area contributed by atoms with Crippen molar-refractivity contribution in [3.8, 4) is 0 Å². The van der Waals surface area contributed by atoms with Crippen LogP contribution in [0.4, 0.5) is 0 Å². The maximum atomic E-state index is 12.5. The second kappa shape index (κ2) is 5.21. The Hall–Kier alpha value is -0.830. The van der Waals surface area contributed by atoms with E-state index in [-0.39, 0.29) is 5.91 Å².